The molecule has 2 saturated carbocycles. The van der Waals surface area contributed by atoms with Crippen molar-refractivity contribution in [3.63, 3.8) is 0 Å². The summed E-state index contributed by atoms with van der Waals surface area (Å²) in [5.74, 6) is 1.21. The third-order valence-corrected chi connectivity index (χ3v) is 5.78. The summed E-state index contributed by atoms with van der Waals surface area (Å²) in [6.07, 6.45) is 5.08. The maximum Gasteiger partial charge on any atom is 0.0659 e. The van der Waals surface area contributed by atoms with Crippen molar-refractivity contribution in [1.82, 2.24) is 0 Å². The highest BCUT2D eigenvalue weighted by Crippen LogP contribution is 2.63. The van der Waals surface area contributed by atoms with Crippen LogP contribution in [0.15, 0.2) is 11.1 Å². The van der Waals surface area contributed by atoms with Gasteiger partial charge < -0.3 is 5.11 Å². The molecule has 0 radical (unpaired) electrons. The molecule has 0 aromatic heterocycles. The minimum atomic E-state index is -0.116. The van der Waals surface area contributed by atoms with Crippen LogP contribution in [0.4, 0.5) is 0 Å². The first-order chi connectivity index (χ1) is 7.35. The van der Waals surface area contributed by atoms with Gasteiger partial charge in [0.25, 0.3) is 0 Å². The van der Waals surface area contributed by atoms with Crippen molar-refractivity contribution in [2.24, 2.45) is 22.7 Å². The standard InChI is InChI=1S/C15H24O/c1-9-11-5-6-15(11,4)8-10-7-14(2,3)13(16)12(9)10/h10,12-13,16H,5-8H2,1-4H3/t10-,12+,13?,15-/m0/s1. The van der Waals surface area contributed by atoms with E-state index in [0.717, 1.165) is 5.92 Å². The summed E-state index contributed by atoms with van der Waals surface area (Å²) < 4.78 is 0. The first-order valence-electron chi connectivity index (χ1n) is 6.73. The zero-order valence-electron chi connectivity index (χ0n) is 11.0. The number of hydrogen-bond donors (Lipinski definition) is 1. The average molecular weight is 220 g/mol. The number of hydrogen-bond acceptors (Lipinski definition) is 1. The summed E-state index contributed by atoms with van der Waals surface area (Å²) in [4.78, 5) is 0. The molecule has 1 nitrogen and oxygen atoms in total. The van der Waals surface area contributed by atoms with Crippen LogP contribution >= 0.6 is 0 Å². The largest absolute Gasteiger partial charge is 0.392 e. The number of allylic oxidation sites excluding steroid dienone is 1. The topological polar surface area (TPSA) is 20.2 Å². The minimum absolute atomic E-state index is 0.116. The summed E-state index contributed by atoms with van der Waals surface area (Å²) in [6.45, 7) is 9.19. The smallest absolute Gasteiger partial charge is 0.0659 e. The van der Waals surface area contributed by atoms with Crippen LogP contribution in [0.25, 0.3) is 0 Å². The molecule has 0 heterocycles. The van der Waals surface area contributed by atoms with E-state index in [2.05, 4.69) is 27.7 Å². The Bertz CT molecular complexity index is 366. The van der Waals surface area contributed by atoms with Gasteiger partial charge in [0.1, 0.15) is 0 Å². The second-order valence-electron chi connectivity index (χ2n) is 7.35. The minimum Gasteiger partial charge on any atom is -0.392 e. The first-order valence-corrected chi connectivity index (χ1v) is 6.73. The molecule has 2 fully saturated rings. The first kappa shape index (κ1) is 10.8. The highest BCUT2D eigenvalue weighted by Gasteiger charge is 2.55. The van der Waals surface area contributed by atoms with Gasteiger partial charge in [-0.3, -0.25) is 0 Å². The van der Waals surface area contributed by atoms with Crippen molar-refractivity contribution in [2.45, 2.75) is 59.5 Å². The molecule has 1 N–H and O–H groups in total. The lowest BCUT2D eigenvalue weighted by molar-refractivity contribution is 0.0452. The predicted octanol–water partition coefficient (Wildman–Crippen LogP) is 3.53. The Morgan fingerprint density at radius 1 is 1.19 bits per heavy atom. The van der Waals surface area contributed by atoms with Crippen LogP contribution in [0.5, 0.6) is 0 Å². The summed E-state index contributed by atoms with van der Waals surface area (Å²) in [7, 11) is 0. The van der Waals surface area contributed by atoms with E-state index in [1.54, 1.807) is 11.1 Å². The highest BCUT2D eigenvalue weighted by molar-refractivity contribution is 5.35. The molecule has 1 heteroatoms. The van der Waals surface area contributed by atoms with E-state index < -0.39 is 0 Å². The van der Waals surface area contributed by atoms with Crippen molar-refractivity contribution in [3.8, 4) is 0 Å². The van der Waals surface area contributed by atoms with Gasteiger partial charge in [0.05, 0.1) is 6.10 Å². The molecule has 0 spiro atoms. The molecule has 90 valence electrons. The van der Waals surface area contributed by atoms with Crippen LogP contribution < -0.4 is 0 Å². The maximum absolute atomic E-state index is 10.5. The fraction of sp³-hybridized carbons (Fsp3) is 0.867. The normalized spacial score (nSPS) is 49.7. The van der Waals surface area contributed by atoms with Crippen molar-refractivity contribution in [1.29, 1.82) is 0 Å². The van der Waals surface area contributed by atoms with Gasteiger partial charge in [-0.15, -0.1) is 0 Å². The summed E-state index contributed by atoms with van der Waals surface area (Å²) in [5, 5.41) is 10.5. The van der Waals surface area contributed by atoms with Crippen LogP contribution in [0, 0.1) is 22.7 Å². The predicted molar refractivity (Wildman–Crippen MR) is 66.0 cm³/mol. The fourth-order valence-corrected chi connectivity index (χ4v) is 4.81. The van der Waals surface area contributed by atoms with E-state index >= 15 is 0 Å². The Balaban J connectivity index is 2.02. The van der Waals surface area contributed by atoms with Crippen molar-refractivity contribution in [3.05, 3.63) is 11.1 Å². The van der Waals surface area contributed by atoms with Crippen molar-refractivity contribution >= 4 is 0 Å². The third-order valence-electron chi connectivity index (χ3n) is 5.78. The molecule has 0 aromatic rings. The van der Waals surface area contributed by atoms with Gasteiger partial charge in [0.15, 0.2) is 0 Å². The van der Waals surface area contributed by atoms with Gasteiger partial charge in [0.2, 0.25) is 0 Å². The molecular formula is C15H24O. The van der Waals surface area contributed by atoms with E-state index in [1.165, 1.54) is 25.7 Å². The molecule has 4 atom stereocenters. The fourth-order valence-electron chi connectivity index (χ4n) is 4.81. The lowest BCUT2D eigenvalue weighted by Gasteiger charge is -2.51. The van der Waals surface area contributed by atoms with Gasteiger partial charge in [-0.05, 0) is 49.4 Å². The average Bonchev–Trinajstić information content (AvgIpc) is 2.34. The van der Waals surface area contributed by atoms with Gasteiger partial charge in [-0.1, -0.05) is 31.9 Å². The Kier molecular flexibility index (Phi) is 1.98. The Hall–Kier alpha value is -0.300. The van der Waals surface area contributed by atoms with Gasteiger partial charge in [0, 0.05) is 5.92 Å². The van der Waals surface area contributed by atoms with E-state index in [1.807, 2.05) is 0 Å². The van der Waals surface area contributed by atoms with Crippen LogP contribution in [-0.2, 0) is 0 Å². The Labute approximate surface area is 98.9 Å². The molecule has 1 unspecified atom stereocenters. The SMILES string of the molecule is CC1=C2CC[C@@]2(C)C[C@@H]2CC(C)(C)C(O)[C@H]12. The maximum atomic E-state index is 10.5. The van der Waals surface area contributed by atoms with Crippen LogP contribution in [0.1, 0.15) is 53.4 Å². The monoisotopic (exact) mass is 220 g/mol. The molecule has 3 aliphatic carbocycles. The second kappa shape index (κ2) is 2.93. The summed E-state index contributed by atoms with van der Waals surface area (Å²) in [6, 6.07) is 0. The van der Waals surface area contributed by atoms with Gasteiger partial charge in [-0.25, -0.2) is 0 Å². The van der Waals surface area contributed by atoms with Crippen molar-refractivity contribution < 1.29 is 5.11 Å². The summed E-state index contributed by atoms with van der Waals surface area (Å²) in [5.41, 5.74) is 3.86. The van der Waals surface area contributed by atoms with E-state index in [-0.39, 0.29) is 11.5 Å². The van der Waals surface area contributed by atoms with Gasteiger partial charge in [-0.2, -0.15) is 0 Å². The molecule has 16 heavy (non-hydrogen) atoms. The van der Waals surface area contributed by atoms with Crippen LogP contribution in [0.3, 0.4) is 0 Å². The number of aliphatic hydroxyl groups excluding tert-OH is 1. The molecule has 3 aliphatic rings. The molecule has 3 rings (SSSR count). The molecule has 0 aromatic carbocycles. The molecule has 0 amide bonds. The highest BCUT2D eigenvalue weighted by atomic mass is 16.3. The number of fused-ring (bicyclic) bond motifs is 2. The Morgan fingerprint density at radius 3 is 2.44 bits per heavy atom. The second-order valence-corrected chi connectivity index (χ2v) is 7.35. The van der Waals surface area contributed by atoms with E-state index in [9.17, 15) is 5.11 Å². The zero-order valence-corrected chi connectivity index (χ0v) is 11.0. The number of aliphatic hydroxyl groups is 1. The van der Waals surface area contributed by atoms with Gasteiger partial charge >= 0.3 is 0 Å². The number of rotatable bonds is 0. The Morgan fingerprint density at radius 2 is 1.88 bits per heavy atom. The summed E-state index contributed by atoms with van der Waals surface area (Å²) >= 11 is 0. The molecule has 0 aliphatic heterocycles. The molecular weight excluding hydrogens is 196 g/mol. The quantitative estimate of drug-likeness (QED) is 0.619. The van der Waals surface area contributed by atoms with E-state index in [0.29, 0.717) is 11.3 Å². The lowest BCUT2D eigenvalue weighted by Crippen LogP contribution is -2.41. The van der Waals surface area contributed by atoms with Crippen LogP contribution in [-0.4, -0.2) is 11.2 Å². The zero-order chi connectivity index (χ0) is 11.7. The third kappa shape index (κ3) is 1.16. The molecule has 0 bridgehead atoms. The lowest BCUT2D eigenvalue weighted by atomic mass is 9.54. The van der Waals surface area contributed by atoms with E-state index in [4.69, 9.17) is 0 Å². The molecule has 0 saturated heterocycles. The van der Waals surface area contributed by atoms with Crippen molar-refractivity contribution in [2.75, 3.05) is 0 Å². The van der Waals surface area contributed by atoms with Crippen LogP contribution in [0.2, 0.25) is 0 Å².